The number of nitrogens with one attached hydrogen (secondary N) is 1. The minimum absolute atomic E-state index is 0.0734. The van der Waals surface area contributed by atoms with Crippen LogP contribution < -0.4 is 15.5 Å². The van der Waals surface area contributed by atoms with Gasteiger partial charge in [0.15, 0.2) is 11.9 Å². The van der Waals surface area contributed by atoms with Crippen LogP contribution in [-0.4, -0.2) is 12.0 Å². The molecule has 1 atom stereocenters. The van der Waals surface area contributed by atoms with Crippen molar-refractivity contribution in [1.29, 1.82) is 0 Å². The van der Waals surface area contributed by atoms with Gasteiger partial charge >= 0.3 is 0 Å². The zero-order valence-corrected chi connectivity index (χ0v) is 19.8. The molecule has 0 saturated heterocycles. The van der Waals surface area contributed by atoms with Gasteiger partial charge in [-0.15, -0.1) is 0 Å². The lowest BCUT2D eigenvalue weighted by Gasteiger charge is -2.18. The lowest BCUT2D eigenvalue weighted by molar-refractivity contribution is -0.122. The molecule has 0 aliphatic heterocycles. The Labute approximate surface area is 200 Å². The van der Waals surface area contributed by atoms with E-state index in [0.29, 0.717) is 26.9 Å². The second kappa shape index (κ2) is 9.30. The van der Waals surface area contributed by atoms with Gasteiger partial charge in [-0.05, 0) is 80.4 Å². The molecule has 33 heavy (non-hydrogen) atoms. The Hall–Kier alpha value is -3.28. The van der Waals surface area contributed by atoms with Gasteiger partial charge in [0.05, 0.1) is 5.39 Å². The number of halogens is 2. The highest BCUT2D eigenvalue weighted by atomic mass is 35.5. The van der Waals surface area contributed by atoms with E-state index in [2.05, 4.69) is 5.32 Å². The van der Waals surface area contributed by atoms with Crippen LogP contribution in [0, 0.1) is 13.8 Å². The Bertz CT molecular complexity index is 1410. The lowest BCUT2D eigenvalue weighted by atomic mass is 10.1. The average molecular weight is 482 g/mol. The standard InChI is InChI=1S/C26H21Cl2NO4/c1-14-4-5-15(2)21(12-14)29-26(31)16(3)32-25-23(30)20-13-19(28)10-11-22(20)33-24(25)17-6-8-18(27)9-7-17/h4-13,16H,1-3H3,(H,29,31). The van der Waals surface area contributed by atoms with Crippen LogP contribution in [0.5, 0.6) is 5.75 Å². The first kappa shape index (κ1) is 22.9. The zero-order valence-electron chi connectivity index (χ0n) is 18.2. The predicted octanol–water partition coefficient (Wildman–Crippen LogP) is 6.79. The summed E-state index contributed by atoms with van der Waals surface area (Å²) in [5.74, 6) is -0.259. The lowest BCUT2D eigenvalue weighted by Crippen LogP contribution is -2.32. The van der Waals surface area contributed by atoms with Crippen molar-refractivity contribution in [3.63, 3.8) is 0 Å². The first-order valence-corrected chi connectivity index (χ1v) is 11.1. The fourth-order valence-corrected chi connectivity index (χ4v) is 3.68. The molecule has 5 nitrogen and oxygen atoms in total. The second-order valence-corrected chi connectivity index (χ2v) is 8.68. The van der Waals surface area contributed by atoms with Gasteiger partial charge in [0.25, 0.3) is 5.91 Å². The summed E-state index contributed by atoms with van der Waals surface area (Å²) in [4.78, 5) is 26.2. The number of ether oxygens (including phenoxy) is 1. The van der Waals surface area contributed by atoms with E-state index in [0.717, 1.165) is 11.1 Å². The quantitative estimate of drug-likeness (QED) is 0.340. The minimum atomic E-state index is -0.976. The molecule has 0 fully saturated rings. The van der Waals surface area contributed by atoms with Crippen LogP contribution in [0.1, 0.15) is 18.1 Å². The van der Waals surface area contributed by atoms with E-state index in [1.54, 1.807) is 43.3 Å². The fraction of sp³-hybridized carbons (Fsp3) is 0.154. The molecule has 3 aromatic carbocycles. The maximum absolute atomic E-state index is 13.4. The van der Waals surface area contributed by atoms with Crippen molar-refractivity contribution in [3.05, 3.63) is 92.1 Å². The van der Waals surface area contributed by atoms with Gasteiger partial charge in [-0.1, -0.05) is 35.3 Å². The number of hydrogen-bond donors (Lipinski definition) is 1. The molecule has 0 radical (unpaired) electrons. The predicted molar refractivity (Wildman–Crippen MR) is 133 cm³/mol. The largest absolute Gasteiger partial charge is 0.473 e. The molecule has 168 valence electrons. The Morgan fingerprint density at radius 1 is 0.970 bits per heavy atom. The number of fused-ring (bicyclic) bond motifs is 1. The molecule has 4 rings (SSSR count). The molecule has 1 aromatic heterocycles. The Morgan fingerprint density at radius 2 is 1.67 bits per heavy atom. The van der Waals surface area contributed by atoms with E-state index in [4.69, 9.17) is 32.4 Å². The van der Waals surface area contributed by atoms with Crippen molar-refractivity contribution in [2.24, 2.45) is 0 Å². The number of carbonyl (C=O) groups excluding carboxylic acids is 1. The molecule has 0 aliphatic rings. The Morgan fingerprint density at radius 3 is 2.39 bits per heavy atom. The number of amides is 1. The zero-order chi connectivity index (χ0) is 23.7. The van der Waals surface area contributed by atoms with E-state index >= 15 is 0 Å². The topological polar surface area (TPSA) is 68.5 Å². The van der Waals surface area contributed by atoms with Crippen LogP contribution in [0.3, 0.4) is 0 Å². The molecule has 1 N–H and O–H groups in total. The highest BCUT2D eigenvalue weighted by Gasteiger charge is 2.23. The first-order valence-electron chi connectivity index (χ1n) is 10.3. The maximum Gasteiger partial charge on any atom is 0.265 e. The number of anilines is 1. The van der Waals surface area contributed by atoms with Gasteiger partial charge < -0.3 is 14.5 Å². The van der Waals surface area contributed by atoms with E-state index in [1.165, 1.54) is 6.07 Å². The van der Waals surface area contributed by atoms with Crippen molar-refractivity contribution < 1.29 is 13.9 Å². The smallest absolute Gasteiger partial charge is 0.265 e. The van der Waals surface area contributed by atoms with E-state index in [9.17, 15) is 9.59 Å². The van der Waals surface area contributed by atoms with Crippen LogP contribution in [0.25, 0.3) is 22.3 Å². The third kappa shape index (κ3) is 4.90. The van der Waals surface area contributed by atoms with Crippen molar-refractivity contribution in [2.75, 3.05) is 5.32 Å². The summed E-state index contributed by atoms with van der Waals surface area (Å²) in [5, 5.41) is 4.06. The number of carbonyl (C=O) groups is 1. The molecule has 4 aromatic rings. The van der Waals surface area contributed by atoms with E-state index in [-0.39, 0.29) is 16.9 Å². The molecule has 1 amide bonds. The highest BCUT2D eigenvalue weighted by molar-refractivity contribution is 6.31. The molecular weight excluding hydrogens is 461 g/mol. The summed E-state index contributed by atoms with van der Waals surface area (Å²) < 4.78 is 11.9. The molecule has 1 unspecified atom stereocenters. The van der Waals surface area contributed by atoms with Crippen molar-refractivity contribution in [3.8, 4) is 17.1 Å². The molecule has 0 saturated carbocycles. The summed E-state index contributed by atoms with van der Waals surface area (Å²) in [5.41, 5.74) is 3.14. The Balaban J connectivity index is 1.75. The molecule has 7 heteroatoms. The minimum Gasteiger partial charge on any atom is -0.473 e. The summed E-state index contributed by atoms with van der Waals surface area (Å²) in [6, 6.07) is 17.4. The van der Waals surface area contributed by atoms with Gasteiger partial charge in [0.1, 0.15) is 5.58 Å². The summed E-state index contributed by atoms with van der Waals surface area (Å²) >= 11 is 12.1. The third-order valence-corrected chi connectivity index (χ3v) is 5.72. The number of rotatable bonds is 5. The van der Waals surface area contributed by atoms with Crippen LogP contribution in [0.4, 0.5) is 5.69 Å². The monoisotopic (exact) mass is 481 g/mol. The molecule has 1 heterocycles. The maximum atomic E-state index is 13.4. The fourth-order valence-electron chi connectivity index (χ4n) is 3.38. The SMILES string of the molecule is Cc1ccc(C)c(NC(=O)C(C)Oc2c(-c3ccc(Cl)cc3)oc3ccc(Cl)cc3c2=O)c1. The molecule has 0 spiro atoms. The summed E-state index contributed by atoms with van der Waals surface area (Å²) in [7, 11) is 0. The van der Waals surface area contributed by atoms with Crippen LogP contribution in [-0.2, 0) is 4.79 Å². The highest BCUT2D eigenvalue weighted by Crippen LogP contribution is 2.33. The Kier molecular flexibility index (Phi) is 6.45. The van der Waals surface area contributed by atoms with Crippen LogP contribution >= 0.6 is 23.2 Å². The van der Waals surface area contributed by atoms with Crippen molar-refractivity contribution in [1.82, 2.24) is 0 Å². The van der Waals surface area contributed by atoms with Gasteiger partial charge in [0.2, 0.25) is 11.2 Å². The van der Waals surface area contributed by atoms with E-state index < -0.39 is 17.4 Å². The van der Waals surface area contributed by atoms with Crippen LogP contribution in [0.2, 0.25) is 10.0 Å². The van der Waals surface area contributed by atoms with Crippen molar-refractivity contribution in [2.45, 2.75) is 26.9 Å². The molecule has 0 bridgehead atoms. The van der Waals surface area contributed by atoms with Gasteiger partial charge in [-0.2, -0.15) is 0 Å². The summed E-state index contributed by atoms with van der Waals surface area (Å²) in [6.45, 7) is 5.42. The van der Waals surface area contributed by atoms with Gasteiger partial charge in [-0.3, -0.25) is 9.59 Å². The molecular formula is C26H21Cl2NO4. The number of aryl methyl sites for hydroxylation is 2. The second-order valence-electron chi connectivity index (χ2n) is 7.80. The first-order chi connectivity index (χ1) is 15.7. The van der Waals surface area contributed by atoms with Crippen molar-refractivity contribution >= 4 is 45.8 Å². The normalized spacial score (nSPS) is 11.9. The van der Waals surface area contributed by atoms with E-state index in [1.807, 2.05) is 32.0 Å². The average Bonchev–Trinajstić information content (AvgIpc) is 2.79. The van der Waals surface area contributed by atoms with Gasteiger partial charge in [0, 0.05) is 21.3 Å². The number of hydrogen-bond acceptors (Lipinski definition) is 4. The molecule has 0 aliphatic carbocycles. The van der Waals surface area contributed by atoms with Gasteiger partial charge in [-0.25, -0.2) is 0 Å². The van der Waals surface area contributed by atoms with Crippen LogP contribution in [0.15, 0.2) is 69.9 Å². The summed E-state index contributed by atoms with van der Waals surface area (Å²) in [6.07, 6.45) is -0.976. The number of benzene rings is 3. The third-order valence-electron chi connectivity index (χ3n) is 5.23.